The topological polar surface area (TPSA) is 64.6 Å². The fraction of sp³-hybridized carbons (Fsp3) is 0.421. The summed E-state index contributed by atoms with van der Waals surface area (Å²) in [6, 6.07) is 10.4. The third kappa shape index (κ3) is 2.62. The van der Waals surface area contributed by atoms with E-state index in [1.165, 1.54) is 5.56 Å². The lowest BCUT2D eigenvalue weighted by Crippen LogP contribution is -2.50. The van der Waals surface area contributed by atoms with E-state index in [1.54, 1.807) is 4.90 Å². The second-order valence-electron chi connectivity index (χ2n) is 6.94. The summed E-state index contributed by atoms with van der Waals surface area (Å²) in [6.45, 7) is 7.69. The van der Waals surface area contributed by atoms with Crippen LogP contribution in [0.5, 0.6) is 0 Å². The summed E-state index contributed by atoms with van der Waals surface area (Å²) < 4.78 is 0. The summed E-state index contributed by atoms with van der Waals surface area (Å²) in [4.78, 5) is 29.5. The molecule has 0 radical (unpaired) electrons. The normalized spacial score (nSPS) is 19.3. The number of hydrogen-bond donors (Lipinski definition) is 1. The van der Waals surface area contributed by atoms with Crippen molar-refractivity contribution in [3.63, 3.8) is 0 Å². The highest BCUT2D eigenvalue weighted by Gasteiger charge is 2.42. The highest BCUT2D eigenvalue weighted by molar-refractivity contribution is 6.17. The first-order valence-electron chi connectivity index (χ1n) is 8.88. The highest BCUT2D eigenvalue weighted by atomic mass is 16.2. The van der Waals surface area contributed by atoms with Gasteiger partial charge in [0.1, 0.15) is 11.5 Å². The number of aromatic nitrogens is 2. The van der Waals surface area contributed by atoms with Gasteiger partial charge in [0.05, 0.1) is 12.6 Å². The molecule has 0 saturated carbocycles. The number of carbonyl (C=O) groups is 1. The number of benzene rings is 1. The first-order chi connectivity index (χ1) is 12.1. The molecule has 4 rings (SSSR count). The standard InChI is InChI=1S/C19H23N5O/c1-4-23-18(25)16-17(24-11-14(12(2)3)20-19(23)24)22-15(21-16)10-13-8-6-5-7-9-13/h5-9,12,14H,4,10-11H2,1-3H3,(H,21,22)/t14-/m0/s1. The van der Waals surface area contributed by atoms with Crippen LogP contribution < -0.4 is 4.90 Å². The molecule has 1 N–H and O–H groups in total. The lowest BCUT2D eigenvalue weighted by molar-refractivity contribution is 0.0841. The van der Waals surface area contributed by atoms with Crippen LogP contribution in [0.2, 0.25) is 0 Å². The van der Waals surface area contributed by atoms with Crippen molar-refractivity contribution in [2.75, 3.05) is 18.0 Å². The molecule has 0 fully saturated rings. The van der Waals surface area contributed by atoms with Gasteiger partial charge >= 0.3 is 0 Å². The number of anilines is 1. The maximum atomic E-state index is 12.9. The van der Waals surface area contributed by atoms with Crippen LogP contribution in [0, 0.1) is 5.92 Å². The Bertz CT molecular complexity index is 824. The molecule has 130 valence electrons. The summed E-state index contributed by atoms with van der Waals surface area (Å²) in [5.74, 6) is 2.68. The molecule has 0 unspecified atom stereocenters. The molecule has 0 aliphatic carbocycles. The van der Waals surface area contributed by atoms with E-state index in [-0.39, 0.29) is 11.9 Å². The maximum absolute atomic E-state index is 12.9. The molecule has 25 heavy (non-hydrogen) atoms. The van der Waals surface area contributed by atoms with Gasteiger partial charge in [0.15, 0.2) is 5.82 Å². The minimum Gasteiger partial charge on any atom is -0.336 e. The van der Waals surface area contributed by atoms with E-state index in [1.807, 2.05) is 25.1 Å². The molecule has 2 aromatic rings. The van der Waals surface area contributed by atoms with Crippen LogP contribution in [-0.2, 0) is 6.42 Å². The smallest absolute Gasteiger partial charge is 0.280 e. The van der Waals surface area contributed by atoms with Gasteiger partial charge in [-0.15, -0.1) is 0 Å². The second kappa shape index (κ2) is 6.02. The van der Waals surface area contributed by atoms with Gasteiger partial charge in [0.25, 0.3) is 5.91 Å². The van der Waals surface area contributed by atoms with E-state index in [2.05, 4.69) is 35.9 Å². The average Bonchev–Trinajstić information content (AvgIpc) is 3.21. The third-order valence-electron chi connectivity index (χ3n) is 4.88. The average molecular weight is 337 g/mol. The Hall–Kier alpha value is -2.63. The molecule has 1 aromatic heterocycles. The molecule has 0 saturated heterocycles. The summed E-state index contributed by atoms with van der Waals surface area (Å²) in [5.41, 5.74) is 1.75. The van der Waals surface area contributed by atoms with E-state index < -0.39 is 0 Å². The monoisotopic (exact) mass is 337 g/mol. The molecule has 2 aliphatic heterocycles. The summed E-state index contributed by atoms with van der Waals surface area (Å²) >= 11 is 0. The first-order valence-corrected chi connectivity index (χ1v) is 8.88. The summed E-state index contributed by atoms with van der Waals surface area (Å²) in [7, 11) is 0. The molecule has 0 spiro atoms. The van der Waals surface area contributed by atoms with Crippen molar-refractivity contribution in [1.29, 1.82) is 0 Å². The van der Waals surface area contributed by atoms with E-state index in [0.29, 0.717) is 24.6 Å². The minimum absolute atomic E-state index is 0.0382. The number of hydrogen-bond acceptors (Lipinski definition) is 4. The summed E-state index contributed by atoms with van der Waals surface area (Å²) in [5, 5.41) is 0. The molecule has 0 bridgehead atoms. The van der Waals surface area contributed by atoms with Crippen molar-refractivity contribution in [1.82, 2.24) is 14.9 Å². The number of nitrogens with one attached hydrogen (secondary N) is 1. The Kier molecular flexibility index (Phi) is 3.82. The van der Waals surface area contributed by atoms with Crippen molar-refractivity contribution < 1.29 is 4.79 Å². The Balaban J connectivity index is 1.71. The van der Waals surface area contributed by atoms with Gasteiger partial charge in [-0.2, -0.15) is 0 Å². The number of aliphatic imine (C=N–C) groups is 1. The van der Waals surface area contributed by atoms with Gasteiger partial charge in [-0.3, -0.25) is 14.6 Å². The van der Waals surface area contributed by atoms with Crippen LogP contribution >= 0.6 is 0 Å². The van der Waals surface area contributed by atoms with Crippen LogP contribution in [0.15, 0.2) is 35.3 Å². The predicted molar refractivity (Wildman–Crippen MR) is 98.0 cm³/mol. The zero-order valence-corrected chi connectivity index (χ0v) is 14.9. The Labute approximate surface area is 147 Å². The van der Waals surface area contributed by atoms with Gasteiger partial charge < -0.3 is 4.98 Å². The molecule has 2 aliphatic rings. The largest absolute Gasteiger partial charge is 0.336 e. The number of amides is 1. The fourth-order valence-electron chi connectivity index (χ4n) is 3.42. The SMILES string of the molecule is CCN1C(=O)c2[nH]c(Cc3ccccc3)nc2N2C[C@@H](C(C)C)N=C12. The van der Waals surface area contributed by atoms with Crippen molar-refractivity contribution in [3.8, 4) is 0 Å². The van der Waals surface area contributed by atoms with Gasteiger partial charge in [0, 0.05) is 13.0 Å². The molecule has 1 atom stereocenters. The Morgan fingerprint density at radius 3 is 2.72 bits per heavy atom. The van der Waals surface area contributed by atoms with Gasteiger partial charge in [-0.1, -0.05) is 44.2 Å². The Morgan fingerprint density at radius 2 is 2.04 bits per heavy atom. The van der Waals surface area contributed by atoms with E-state index in [9.17, 15) is 4.79 Å². The van der Waals surface area contributed by atoms with Crippen LogP contribution in [-0.4, -0.2) is 45.9 Å². The number of H-pyrrole nitrogens is 1. The third-order valence-corrected chi connectivity index (χ3v) is 4.88. The fourth-order valence-corrected chi connectivity index (χ4v) is 3.42. The minimum atomic E-state index is -0.0382. The van der Waals surface area contributed by atoms with Crippen LogP contribution in [0.4, 0.5) is 5.82 Å². The molecule has 1 aromatic carbocycles. The Morgan fingerprint density at radius 1 is 1.28 bits per heavy atom. The van der Waals surface area contributed by atoms with E-state index in [0.717, 1.165) is 24.1 Å². The van der Waals surface area contributed by atoms with Crippen LogP contribution in [0.25, 0.3) is 0 Å². The number of carbonyl (C=O) groups excluding carboxylic acids is 1. The van der Waals surface area contributed by atoms with Crippen molar-refractivity contribution in [2.24, 2.45) is 10.9 Å². The van der Waals surface area contributed by atoms with Crippen LogP contribution in [0.3, 0.4) is 0 Å². The number of guanidine groups is 1. The molecule has 6 heteroatoms. The first kappa shape index (κ1) is 15.9. The lowest BCUT2D eigenvalue weighted by Gasteiger charge is -2.32. The second-order valence-corrected chi connectivity index (χ2v) is 6.94. The number of imidazole rings is 1. The van der Waals surface area contributed by atoms with Gasteiger partial charge in [-0.05, 0) is 18.4 Å². The summed E-state index contributed by atoms with van der Waals surface area (Å²) in [6.07, 6.45) is 0.682. The quantitative estimate of drug-likeness (QED) is 0.933. The zero-order chi connectivity index (χ0) is 17.6. The highest BCUT2D eigenvalue weighted by Crippen LogP contribution is 2.32. The number of nitrogens with zero attached hydrogens (tertiary/aromatic N) is 4. The molecular formula is C19H23N5O. The number of rotatable bonds is 4. The van der Waals surface area contributed by atoms with Crippen molar-refractivity contribution in [2.45, 2.75) is 33.2 Å². The van der Waals surface area contributed by atoms with Crippen molar-refractivity contribution >= 4 is 17.7 Å². The van der Waals surface area contributed by atoms with E-state index >= 15 is 0 Å². The van der Waals surface area contributed by atoms with E-state index in [4.69, 9.17) is 9.98 Å². The van der Waals surface area contributed by atoms with Gasteiger partial charge in [-0.25, -0.2) is 9.98 Å². The van der Waals surface area contributed by atoms with Crippen molar-refractivity contribution in [3.05, 3.63) is 47.4 Å². The molecule has 1 amide bonds. The molecular weight excluding hydrogens is 314 g/mol. The molecule has 6 nitrogen and oxygen atoms in total. The lowest BCUT2D eigenvalue weighted by atomic mass is 10.1. The number of fused-ring (bicyclic) bond motifs is 3. The maximum Gasteiger partial charge on any atom is 0.280 e. The zero-order valence-electron chi connectivity index (χ0n) is 14.9. The number of aromatic amines is 1. The molecule has 3 heterocycles. The van der Waals surface area contributed by atoms with Crippen LogP contribution in [0.1, 0.15) is 42.6 Å². The predicted octanol–water partition coefficient (Wildman–Crippen LogP) is 2.68. The van der Waals surface area contributed by atoms with Gasteiger partial charge in [0.2, 0.25) is 5.96 Å².